The van der Waals surface area contributed by atoms with Gasteiger partial charge in [0.1, 0.15) is 0 Å². The number of fused-ring (bicyclic) bond motifs is 1. The Kier molecular flexibility index (Phi) is 3.54. The molecule has 17 heavy (non-hydrogen) atoms. The van der Waals surface area contributed by atoms with Gasteiger partial charge in [0.05, 0.1) is 10.5 Å². The van der Waals surface area contributed by atoms with Crippen LogP contribution in [-0.2, 0) is 6.54 Å². The fourth-order valence-electron chi connectivity index (χ4n) is 1.88. The van der Waals surface area contributed by atoms with E-state index in [0.29, 0.717) is 4.99 Å². The molecule has 0 saturated heterocycles. The summed E-state index contributed by atoms with van der Waals surface area (Å²) >= 11 is 4.85. The molecule has 2 N–H and O–H groups in total. The predicted molar refractivity (Wildman–Crippen MR) is 74.2 cm³/mol. The van der Waals surface area contributed by atoms with Gasteiger partial charge in [0, 0.05) is 24.2 Å². The van der Waals surface area contributed by atoms with Crippen LogP contribution >= 0.6 is 12.2 Å². The Bertz CT molecular complexity index is 604. The van der Waals surface area contributed by atoms with Crippen LogP contribution in [-0.4, -0.2) is 9.56 Å². The van der Waals surface area contributed by atoms with E-state index in [1.54, 1.807) is 6.07 Å². The lowest BCUT2D eigenvalue weighted by Crippen LogP contribution is -2.11. The maximum atomic E-state index is 11.7. The maximum Gasteiger partial charge on any atom is 0.189 e. The molecule has 1 heterocycles. The van der Waals surface area contributed by atoms with Gasteiger partial charge in [-0.05, 0) is 25.0 Å². The van der Waals surface area contributed by atoms with E-state index in [-0.39, 0.29) is 5.43 Å². The zero-order valence-corrected chi connectivity index (χ0v) is 10.2. The number of benzene rings is 1. The second-order valence-electron chi connectivity index (χ2n) is 3.96. The van der Waals surface area contributed by atoms with Crippen molar-refractivity contribution in [3.8, 4) is 0 Å². The molecule has 0 atom stereocenters. The van der Waals surface area contributed by atoms with Crippen LogP contribution in [0.5, 0.6) is 0 Å². The SMILES string of the molecule is NC(=S)CCCn1ccc(=O)c2ccccc21. The summed E-state index contributed by atoms with van der Waals surface area (Å²) < 4.78 is 2.06. The molecular weight excluding hydrogens is 232 g/mol. The molecule has 2 aromatic rings. The minimum Gasteiger partial charge on any atom is -0.393 e. The Morgan fingerprint density at radius 3 is 2.82 bits per heavy atom. The van der Waals surface area contributed by atoms with Crippen molar-refractivity contribution in [1.29, 1.82) is 0 Å². The highest BCUT2D eigenvalue weighted by atomic mass is 32.1. The molecule has 0 amide bonds. The predicted octanol–water partition coefficient (Wildman–Crippen LogP) is 2.07. The first-order valence-electron chi connectivity index (χ1n) is 5.55. The average Bonchev–Trinajstić information content (AvgIpc) is 2.32. The third-order valence-corrected chi connectivity index (χ3v) is 2.91. The van der Waals surface area contributed by atoms with E-state index < -0.39 is 0 Å². The normalized spacial score (nSPS) is 10.6. The van der Waals surface area contributed by atoms with Gasteiger partial charge in [-0.2, -0.15) is 0 Å². The third kappa shape index (κ3) is 2.71. The quantitative estimate of drug-likeness (QED) is 0.840. The van der Waals surface area contributed by atoms with Crippen LogP contribution in [0, 0.1) is 0 Å². The molecule has 0 aliphatic heterocycles. The van der Waals surface area contributed by atoms with Gasteiger partial charge >= 0.3 is 0 Å². The van der Waals surface area contributed by atoms with Gasteiger partial charge in [-0.25, -0.2) is 0 Å². The van der Waals surface area contributed by atoms with Crippen molar-refractivity contribution in [3.05, 3.63) is 46.8 Å². The topological polar surface area (TPSA) is 48.0 Å². The van der Waals surface area contributed by atoms with Crippen molar-refractivity contribution in [2.45, 2.75) is 19.4 Å². The summed E-state index contributed by atoms with van der Waals surface area (Å²) in [6.45, 7) is 0.818. The number of aryl methyl sites for hydroxylation is 1. The van der Waals surface area contributed by atoms with Gasteiger partial charge in [0.2, 0.25) is 0 Å². The van der Waals surface area contributed by atoms with E-state index in [9.17, 15) is 4.79 Å². The number of thiocarbonyl (C=S) groups is 1. The summed E-state index contributed by atoms with van der Waals surface area (Å²) in [6, 6.07) is 9.22. The van der Waals surface area contributed by atoms with E-state index >= 15 is 0 Å². The molecule has 1 aromatic heterocycles. The summed E-state index contributed by atoms with van der Waals surface area (Å²) in [7, 11) is 0. The number of hydrogen-bond donors (Lipinski definition) is 1. The first-order chi connectivity index (χ1) is 8.18. The Morgan fingerprint density at radius 1 is 1.29 bits per heavy atom. The van der Waals surface area contributed by atoms with Crippen LogP contribution in [0.15, 0.2) is 41.3 Å². The molecule has 0 bridgehead atoms. The molecule has 0 fully saturated rings. The van der Waals surface area contributed by atoms with Crippen LogP contribution in [0.1, 0.15) is 12.8 Å². The van der Waals surface area contributed by atoms with Crippen LogP contribution < -0.4 is 11.2 Å². The van der Waals surface area contributed by atoms with Gasteiger partial charge < -0.3 is 10.3 Å². The molecule has 0 unspecified atom stereocenters. The van der Waals surface area contributed by atoms with Crippen LogP contribution in [0.2, 0.25) is 0 Å². The molecule has 88 valence electrons. The molecule has 0 saturated carbocycles. The minimum absolute atomic E-state index is 0.0613. The van der Waals surface area contributed by atoms with Crippen molar-refractivity contribution in [2.24, 2.45) is 5.73 Å². The second kappa shape index (κ2) is 5.10. The second-order valence-corrected chi connectivity index (χ2v) is 4.48. The fraction of sp³-hybridized carbons (Fsp3) is 0.231. The third-order valence-electron chi connectivity index (χ3n) is 2.71. The Balaban J connectivity index is 2.32. The number of nitrogens with two attached hydrogens (primary N) is 1. The zero-order chi connectivity index (χ0) is 12.3. The zero-order valence-electron chi connectivity index (χ0n) is 9.43. The molecule has 0 radical (unpaired) electrons. The lowest BCUT2D eigenvalue weighted by atomic mass is 10.2. The highest BCUT2D eigenvalue weighted by molar-refractivity contribution is 7.80. The van der Waals surface area contributed by atoms with Crippen LogP contribution in [0.25, 0.3) is 10.9 Å². The van der Waals surface area contributed by atoms with Crippen LogP contribution in [0.4, 0.5) is 0 Å². The average molecular weight is 246 g/mol. The van der Waals surface area contributed by atoms with Gasteiger partial charge in [-0.3, -0.25) is 4.79 Å². The molecule has 1 aromatic carbocycles. The Hall–Kier alpha value is -1.68. The summed E-state index contributed by atoms with van der Waals surface area (Å²) in [5.74, 6) is 0. The Labute approximate surface area is 105 Å². The summed E-state index contributed by atoms with van der Waals surface area (Å²) in [4.78, 5) is 12.2. The molecule has 0 aliphatic carbocycles. The summed E-state index contributed by atoms with van der Waals surface area (Å²) in [5.41, 5.74) is 6.49. The lowest BCUT2D eigenvalue weighted by molar-refractivity contribution is 0.676. The maximum absolute atomic E-state index is 11.7. The number of aromatic nitrogens is 1. The van der Waals surface area contributed by atoms with Gasteiger partial charge in [0.15, 0.2) is 5.43 Å². The van der Waals surface area contributed by atoms with Crippen molar-refractivity contribution in [2.75, 3.05) is 0 Å². The van der Waals surface area contributed by atoms with Crippen molar-refractivity contribution in [1.82, 2.24) is 4.57 Å². The molecular formula is C13H14N2OS. The highest BCUT2D eigenvalue weighted by Gasteiger charge is 2.01. The molecule has 4 heteroatoms. The number of para-hydroxylation sites is 1. The number of rotatable bonds is 4. The minimum atomic E-state index is 0.0613. The smallest absolute Gasteiger partial charge is 0.189 e. The fourth-order valence-corrected chi connectivity index (χ4v) is 2.02. The lowest BCUT2D eigenvalue weighted by Gasteiger charge is -2.09. The van der Waals surface area contributed by atoms with E-state index in [2.05, 4.69) is 4.57 Å². The first-order valence-corrected chi connectivity index (χ1v) is 5.96. The molecule has 0 aliphatic rings. The van der Waals surface area contributed by atoms with Crippen molar-refractivity contribution < 1.29 is 0 Å². The van der Waals surface area contributed by atoms with Crippen LogP contribution in [0.3, 0.4) is 0 Å². The molecule has 0 spiro atoms. The molecule has 3 nitrogen and oxygen atoms in total. The number of pyridine rings is 1. The number of hydrogen-bond acceptors (Lipinski definition) is 2. The number of nitrogens with zero attached hydrogens (tertiary/aromatic N) is 1. The largest absolute Gasteiger partial charge is 0.393 e. The van der Waals surface area contributed by atoms with Gasteiger partial charge in [-0.1, -0.05) is 24.4 Å². The Morgan fingerprint density at radius 2 is 2.06 bits per heavy atom. The van der Waals surface area contributed by atoms with Crippen molar-refractivity contribution >= 4 is 28.1 Å². The van der Waals surface area contributed by atoms with E-state index in [1.165, 1.54) is 0 Å². The molecule has 2 rings (SSSR count). The van der Waals surface area contributed by atoms with Gasteiger partial charge in [0.25, 0.3) is 0 Å². The standard InChI is InChI=1S/C13H14N2OS/c14-13(17)6-3-8-15-9-7-12(16)10-4-1-2-5-11(10)15/h1-2,4-5,7,9H,3,6,8H2,(H2,14,17). The van der Waals surface area contributed by atoms with E-state index in [1.807, 2.05) is 30.5 Å². The van der Waals surface area contributed by atoms with Gasteiger partial charge in [-0.15, -0.1) is 0 Å². The highest BCUT2D eigenvalue weighted by Crippen LogP contribution is 2.10. The first kappa shape index (κ1) is 11.8. The van der Waals surface area contributed by atoms with E-state index in [0.717, 1.165) is 30.3 Å². The monoisotopic (exact) mass is 246 g/mol. The van der Waals surface area contributed by atoms with Crippen molar-refractivity contribution in [3.63, 3.8) is 0 Å². The summed E-state index contributed by atoms with van der Waals surface area (Å²) in [5, 5.41) is 0.755. The summed E-state index contributed by atoms with van der Waals surface area (Å²) in [6.07, 6.45) is 3.45. The van der Waals surface area contributed by atoms with E-state index in [4.69, 9.17) is 18.0 Å².